The molecule has 0 spiro atoms. The Kier molecular flexibility index (Phi) is 5.43. The molecule has 1 atom stereocenters. The third kappa shape index (κ3) is 3.93. The van der Waals surface area contributed by atoms with Gasteiger partial charge in [-0.05, 0) is 49.3 Å². The summed E-state index contributed by atoms with van der Waals surface area (Å²) in [5.74, 6) is 2.39. The lowest BCUT2D eigenvalue weighted by Gasteiger charge is -2.31. The topological polar surface area (TPSA) is 75.9 Å². The molecule has 3 aromatic heterocycles. The SMILES string of the molecule is CC(=O)N1Cc2ccc(Nc3ncc4c5ccccc5n([C@H]5CC[C@H](C)CC5)c4n3)nc2[C@@H](C)C1. The predicted octanol–water partition coefficient (Wildman–Crippen LogP) is 5.94. The molecule has 180 valence electrons. The molecule has 1 aliphatic heterocycles. The Balaban J connectivity index is 1.36. The number of carbonyl (C=O) groups excluding carboxylic acids is 1. The Morgan fingerprint density at radius 2 is 1.80 bits per heavy atom. The van der Waals surface area contributed by atoms with E-state index in [0.717, 1.165) is 34.0 Å². The third-order valence-corrected chi connectivity index (χ3v) is 7.82. The van der Waals surface area contributed by atoms with Gasteiger partial charge in [-0.3, -0.25) is 4.79 Å². The number of hydrogen-bond acceptors (Lipinski definition) is 5. The molecule has 0 saturated heterocycles. The van der Waals surface area contributed by atoms with Crippen molar-refractivity contribution >= 4 is 39.6 Å². The average Bonchev–Trinajstić information content (AvgIpc) is 3.18. The summed E-state index contributed by atoms with van der Waals surface area (Å²) >= 11 is 0. The zero-order valence-corrected chi connectivity index (χ0v) is 20.7. The number of anilines is 2. The van der Waals surface area contributed by atoms with E-state index in [4.69, 9.17) is 9.97 Å². The molecule has 1 amide bonds. The highest BCUT2D eigenvalue weighted by Gasteiger charge is 2.26. The lowest BCUT2D eigenvalue weighted by Crippen LogP contribution is -2.36. The normalized spacial score (nSPS) is 22.4. The Morgan fingerprint density at radius 3 is 2.60 bits per heavy atom. The highest BCUT2D eigenvalue weighted by molar-refractivity contribution is 6.06. The first-order valence-corrected chi connectivity index (χ1v) is 12.8. The number of carbonyl (C=O) groups is 1. The van der Waals surface area contributed by atoms with E-state index in [2.05, 4.69) is 59.0 Å². The van der Waals surface area contributed by atoms with Gasteiger partial charge in [-0.25, -0.2) is 9.97 Å². The molecular formula is C28H32N6O. The molecule has 2 aliphatic rings. The van der Waals surface area contributed by atoms with Crippen molar-refractivity contribution in [1.82, 2.24) is 24.4 Å². The van der Waals surface area contributed by atoms with Crippen LogP contribution in [0.4, 0.5) is 11.8 Å². The van der Waals surface area contributed by atoms with Crippen LogP contribution in [0.15, 0.2) is 42.6 Å². The largest absolute Gasteiger partial charge is 0.338 e. The standard InChI is InChI=1S/C28H32N6O/c1-17-8-11-21(12-9-17)34-24-7-5-4-6-22(24)23-14-29-28(32-27(23)34)31-25-13-10-20-16-33(19(3)35)15-18(2)26(20)30-25/h4-7,10,13-14,17-18,21H,8-9,11-12,15-16H2,1-3H3,(H,29,30,31,32)/t17-,18-,21-/m0/s1. The van der Waals surface area contributed by atoms with Gasteiger partial charge >= 0.3 is 0 Å². The van der Waals surface area contributed by atoms with Gasteiger partial charge in [0.05, 0.1) is 11.2 Å². The first-order valence-electron chi connectivity index (χ1n) is 12.8. The maximum absolute atomic E-state index is 11.9. The van der Waals surface area contributed by atoms with Crippen molar-refractivity contribution in [3.63, 3.8) is 0 Å². The average molecular weight is 469 g/mol. The number of hydrogen-bond donors (Lipinski definition) is 1. The van der Waals surface area contributed by atoms with E-state index in [9.17, 15) is 4.79 Å². The van der Waals surface area contributed by atoms with Gasteiger partial charge in [0.1, 0.15) is 11.5 Å². The minimum Gasteiger partial charge on any atom is -0.338 e. The molecule has 1 N–H and O–H groups in total. The molecule has 4 aromatic rings. The van der Waals surface area contributed by atoms with Crippen molar-refractivity contribution < 1.29 is 4.79 Å². The lowest BCUT2D eigenvalue weighted by atomic mass is 9.87. The molecule has 7 nitrogen and oxygen atoms in total. The van der Waals surface area contributed by atoms with Crippen LogP contribution in [-0.4, -0.2) is 36.9 Å². The smallest absolute Gasteiger partial charge is 0.230 e. The van der Waals surface area contributed by atoms with Crippen LogP contribution in [0, 0.1) is 5.92 Å². The zero-order valence-electron chi connectivity index (χ0n) is 20.7. The van der Waals surface area contributed by atoms with Crippen LogP contribution in [-0.2, 0) is 11.3 Å². The number of nitrogens with zero attached hydrogens (tertiary/aromatic N) is 5. The van der Waals surface area contributed by atoms with Gasteiger partial charge in [-0.15, -0.1) is 0 Å². The van der Waals surface area contributed by atoms with E-state index in [1.165, 1.54) is 36.6 Å². The minimum absolute atomic E-state index is 0.106. The van der Waals surface area contributed by atoms with Crippen LogP contribution in [0.5, 0.6) is 0 Å². The number of para-hydroxylation sites is 1. The molecule has 6 rings (SSSR count). The second-order valence-corrected chi connectivity index (χ2v) is 10.4. The summed E-state index contributed by atoms with van der Waals surface area (Å²) < 4.78 is 2.45. The van der Waals surface area contributed by atoms with Gasteiger partial charge in [0, 0.05) is 48.9 Å². The molecule has 0 bridgehead atoms. The molecule has 35 heavy (non-hydrogen) atoms. The van der Waals surface area contributed by atoms with Crippen molar-refractivity contribution in [2.45, 2.75) is 65.0 Å². The summed E-state index contributed by atoms with van der Waals surface area (Å²) in [6.45, 7) is 7.42. The van der Waals surface area contributed by atoms with Crippen molar-refractivity contribution in [3.05, 3.63) is 53.9 Å². The van der Waals surface area contributed by atoms with Crippen LogP contribution >= 0.6 is 0 Å². The predicted molar refractivity (Wildman–Crippen MR) is 139 cm³/mol. The zero-order chi connectivity index (χ0) is 24.1. The van der Waals surface area contributed by atoms with Crippen LogP contribution in [0.1, 0.15) is 69.7 Å². The fraction of sp³-hybridized carbons (Fsp3) is 0.429. The van der Waals surface area contributed by atoms with E-state index >= 15 is 0 Å². The van der Waals surface area contributed by atoms with Gasteiger partial charge in [-0.1, -0.05) is 38.1 Å². The maximum Gasteiger partial charge on any atom is 0.230 e. The fourth-order valence-electron chi connectivity index (χ4n) is 5.88. The highest BCUT2D eigenvalue weighted by Crippen LogP contribution is 2.38. The molecule has 7 heteroatoms. The van der Waals surface area contributed by atoms with E-state index < -0.39 is 0 Å². The van der Waals surface area contributed by atoms with Crippen LogP contribution in [0.25, 0.3) is 21.9 Å². The molecule has 1 saturated carbocycles. The van der Waals surface area contributed by atoms with Gasteiger partial charge in [0.2, 0.25) is 11.9 Å². The summed E-state index contributed by atoms with van der Waals surface area (Å²) in [5, 5.41) is 5.66. The Hall–Kier alpha value is -3.48. The van der Waals surface area contributed by atoms with Crippen molar-refractivity contribution in [1.29, 1.82) is 0 Å². The number of rotatable bonds is 3. The van der Waals surface area contributed by atoms with Gasteiger partial charge in [0.15, 0.2) is 0 Å². The second kappa shape index (κ2) is 8.63. The first kappa shape index (κ1) is 22.0. The number of amides is 1. The van der Waals surface area contributed by atoms with Crippen molar-refractivity contribution in [2.75, 3.05) is 11.9 Å². The number of fused-ring (bicyclic) bond motifs is 4. The number of benzene rings is 1. The number of nitrogens with one attached hydrogen (secondary N) is 1. The van der Waals surface area contributed by atoms with Gasteiger partial charge in [0.25, 0.3) is 0 Å². The summed E-state index contributed by atoms with van der Waals surface area (Å²) in [6, 6.07) is 13.1. The highest BCUT2D eigenvalue weighted by atomic mass is 16.2. The van der Waals surface area contributed by atoms with Crippen molar-refractivity contribution in [3.8, 4) is 0 Å². The molecule has 4 heterocycles. The molecular weight excluding hydrogens is 436 g/mol. The van der Waals surface area contributed by atoms with Crippen LogP contribution in [0.3, 0.4) is 0 Å². The molecule has 0 unspecified atom stereocenters. The maximum atomic E-state index is 11.9. The molecule has 1 aromatic carbocycles. The van der Waals surface area contributed by atoms with Crippen LogP contribution in [0.2, 0.25) is 0 Å². The lowest BCUT2D eigenvalue weighted by molar-refractivity contribution is -0.130. The van der Waals surface area contributed by atoms with E-state index in [1.54, 1.807) is 6.92 Å². The fourth-order valence-corrected chi connectivity index (χ4v) is 5.88. The van der Waals surface area contributed by atoms with Gasteiger partial charge < -0.3 is 14.8 Å². The molecule has 1 fully saturated rings. The van der Waals surface area contributed by atoms with Crippen molar-refractivity contribution in [2.24, 2.45) is 5.92 Å². The first-order chi connectivity index (χ1) is 17.0. The monoisotopic (exact) mass is 468 g/mol. The second-order valence-electron chi connectivity index (χ2n) is 10.4. The molecule has 0 radical (unpaired) electrons. The summed E-state index contributed by atoms with van der Waals surface area (Å²) in [6.07, 6.45) is 6.83. The van der Waals surface area contributed by atoms with E-state index in [-0.39, 0.29) is 11.8 Å². The number of pyridine rings is 1. The minimum atomic E-state index is 0.106. The number of aromatic nitrogens is 4. The summed E-state index contributed by atoms with van der Waals surface area (Å²) in [7, 11) is 0. The Bertz CT molecular complexity index is 1420. The summed E-state index contributed by atoms with van der Waals surface area (Å²) in [4.78, 5) is 28.3. The van der Waals surface area contributed by atoms with Crippen LogP contribution < -0.4 is 5.32 Å². The Morgan fingerprint density at radius 1 is 1.00 bits per heavy atom. The quantitative estimate of drug-likeness (QED) is 0.403. The summed E-state index contributed by atoms with van der Waals surface area (Å²) in [5.41, 5.74) is 4.38. The Labute approximate surface area is 205 Å². The van der Waals surface area contributed by atoms with Gasteiger partial charge in [-0.2, -0.15) is 4.98 Å². The molecule has 1 aliphatic carbocycles. The van der Waals surface area contributed by atoms with E-state index in [0.29, 0.717) is 25.1 Å². The third-order valence-electron chi connectivity index (χ3n) is 7.82. The van der Waals surface area contributed by atoms with E-state index in [1.807, 2.05) is 17.2 Å².